The minimum Gasteiger partial charge on any atom is -0.361 e. The molecule has 0 aromatic heterocycles. The van der Waals surface area contributed by atoms with Crippen molar-refractivity contribution in [3.8, 4) is 0 Å². The van der Waals surface area contributed by atoms with Gasteiger partial charge in [-0.25, -0.2) is 0 Å². The largest absolute Gasteiger partial charge is 0.361 e. The van der Waals surface area contributed by atoms with E-state index in [0.717, 1.165) is 12.5 Å². The maximum absolute atomic E-state index is 11.9. The third-order valence-electron chi connectivity index (χ3n) is 3.05. The topological polar surface area (TPSA) is 125 Å². The van der Waals surface area contributed by atoms with Crippen LogP contribution in [0.25, 0.3) is 0 Å². The molecule has 4 N–H and O–H groups in total. The van der Waals surface area contributed by atoms with Crippen molar-refractivity contribution in [1.82, 2.24) is 21.5 Å². The van der Waals surface area contributed by atoms with Gasteiger partial charge >= 0.3 is 0 Å². The van der Waals surface area contributed by atoms with Gasteiger partial charge in [-0.2, -0.15) is 0 Å². The quantitative estimate of drug-likeness (QED) is 0.320. The number of non-ortho nitro benzene ring substituents is 1. The van der Waals surface area contributed by atoms with Crippen molar-refractivity contribution in [2.45, 2.75) is 20.3 Å². The Labute approximate surface area is 150 Å². The normalized spacial score (nSPS) is 10.0. The van der Waals surface area contributed by atoms with Crippen LogP contribution in [0.1, 0.15) is 30.6 Å². The number of hydrogen-bond acceptors (Lipinski definition) is 5. The number of nitro benzene ring substituents is 1. The minimum atomic E-state index is -0.597. The molecule has 1 aromatic rings. The van der Waals surface area contributed by atoms with Crippen molar-refractivity contribution >= 4 is 34.8 Å². The highest BCUT2D eigenvalue weighted by atomic mass is 32.1. The van der Waals surface area contributed by atoms with E-state index in [0.29, 0.717) is 12.5 Å². The first-order valence-corrected chi connectivity index (χ1v) is 8.05. The highest BCUT2D eigenvalue weighted by Crippen LogP contribution is 2.12. The molecule has 9 nitrogen and oxygen atoms in total. The molecule has 10 heteroatoms. The zero-order valence-corrected chi connectivity index (χ0v) is 14.8. The summed E-state index contributed by atoms with van der Waals surface area (Å²) in [5.74, 6) is -0.558. The van der Waals surface area contributed by atoms with Gasteiger partial charge in [0.2, 0.25) is 0 Å². The van der Waals surface area contributed by atoms with Crippen molar-refractivity contribution in [2.75, 3.05) is 13.1 Å². The summed E-state index contributed by atoms with van der Waals surface area (Å²) in [6.45, 7) is 4.56. The fourth-order valence-electron chi connectivity index (χ4n) is 1.71. The van der Waals surface area contributed by atoms with Crippen molar-refractivity contribution in [3.63, 3.8) is 0 Å². The molecule has 0 aliphatic carbocycles. The van der Waals surface area contributed by atoms with Gasteiger partial charge in [-0.15, -0.1) is 0 Å². The summed E-state index contributed by atoms with van der Waals surface area (Å²) in [7, 11) is 0. The third kappa shape index (κ3) is 8.06. The highest BCUT2D eigenvalue weighted by molar-refractivity contribution is 7.80. The Hall–Kier alpha value is -2.75. The first-order chi connectivity index (χ1) is 11.8. The fourth-order valence-corrected chi connectivity index (χ4v) is 1.87. The lowest BCUT2D eigenvalue weighted by molar-refractivity contribution is -0.384. The van der Waals surface area contributed by atoms with Gasteiger partial charge in [-0.3, -0.25) is 30.6 Å². The smallest absolute Gasteiger partial charge is 0.270 e. The highest BCUT2D eigenvalue weighted by Gasteiger charge is 2.12. The Balaban J connectivity index is 2.34. The molecule has 0 radical (unpaired) electrons. The lowest BCUT2D eigenvalue weighted by atomic mass is 10.1. The Morgan fingerprint density at radius 2 is 1.96 bits per heavy atom. The molecule has 0 unspecified atom stereocenters. The molecular formula is C15H21N5O4S. The summed E-state index contributed by atoms with van der Waals surface area (Å²) in [5.41, 5.74) is 4.77. The van der Waals surface area contributed by atoms with Crippen LogP contribution < -0.4 is 21.5 Å². The lowest BCUT2D eigenvalue weighted by Crippen LogP contribution is -2.49. The molecule has 1 aromatic carbocycles. The Morgan fingerprint density at radius 1 is 1.24 bits per heavy atom. The lowest BCUT2D eigenvalue weighted by Gasteiger charge is -2.12. The summed E-state index contributed by atoms with van der Waals surface area (Å²) in [6.07, 6.45) is 0.940. The number of nitrogens with one attached hydrogen (secondary N) is 4. The monoisotopic (exact) mass is 367 g/mol. The molecule has 0 fully saturated rings. The second-order valence-corrected chi connectivity index (χ2v) is 6.01. The molecular weight excluding hydrogens is 346 g/mol. The van der Waals surface area contributed by atoms with Gasteiger partial charge < -0.3 is 10.6 Å². The van der Waals surface area contributed by atoms with Gasteiger partial charge in [0, 0.05) is 24.2 Å². The first-order valence-electron chi connectivity index (χ1n) is 7.65. The number of hydrogen-bond donors (Lipinski definition) is 4. The summed E-state index contributed by atoms with van der Waals surface area (Å²) in [4.78, 5) is 33.6. The number of carbonyl (C=O) groups excluding carboxylic acids is 2. The Kier molecular flexibility index (Phi) is 8.27. The van der Waals surface area contributed by atoms with E-state index in [9.17, 15) is 19.7 Å². The molecule has 0 aliphatic rings. The van der Waals surface area contributed by atoms with E-state index < -0.39 is 16.7 Å². The average Bonchev–Trinajstić information content (AvgIpc) is 2.57. The molecule has 0 bridgehead atoms. The van der Waals surface area contributed by atoms with Gasteiger partial charge in [-0.1, -0.05) is 19.9 Å². The number of hydrazine groups is 1. The van der Waals surface area contributed by atoms with Gasteiger partial charge in [0.25, 0.3) is 17.5 Å². The second kappa shape index (κ2) is 10.2. The van der Waals surface area contributed by atoms with E-state index in [4.69, 9.17) is 12.2 Å². The summed E-state index contributed by atoms with van der Waals surface area (Å²) in [5, 5.41) is 16.3. The van der Waals surface area contributed by atoms with Gasteiger partial charge in [0.15, 0.2) is 5.11 Å². The molecule has 0 heterocycles. The zero-order valence-electron chi connectivity index (χ0n) is 14.0. The standard InChI is InChI=1S/C15H21N5O4S/c1-10(2)6-7-16-15(25)19-18-13(21)9-17-14(22)11-4-3-5-12(8-11)20(23)24/h3-5,8,10H,6-7,9H2,1-2H3,(H,17,22)(H,18,21)(H2,16,19,25). The van der Waals surface area contributed by atoms with Crippen molar-refractivity contribution in [1.29, 1.82) is 0 Å². The summed E-state index contributed by atoms with van der Waals surface area (Å²) < 4.78 is 0. The average molecular weight is 367 g/mol. The van der Waals surface area contributed by atoms with Crippen molar-refractivity contribution in [2.24, 2.45) is 5.92 Å². The van der Waals surface area contributed by atoms with E-state index in [1.54, 1.807) is 0 Å². The number of thiocarbonyl (C=S) groups is 1. The van der Waals surface area contributed by atoms with Crippen LogP contribution in [-0.4, -0.2) is 34.9 Å². The number of nitro groups is 1. The van der Waals surface area contributed by atoms with E-state index >= 15 is 0 Å². The third-order valence-corrected chi connectivity index (χ3v) is 3.30. The Bertz CT molecular complexity index is 651. The van der Waals surface area contributed by atoms with Crippen molar-refractivity contribution in [3.05, 3.63) is 39.9 Å². The van der Waals surface area contributed by atoms with E-state index in [-0.39, 0.29) is 22.9 Å². The summed E-state index contributed by atoms with van der Waals surface area (Å²) in [6, 6.07) is 5.24. The molecule has 0 atom stereocenters. The maximum atomic E-state index is 11.9. The van der Waals surface area contributed by atoms with Crippen LogP contribution in [0.15, 0.2) is 24.3 Å². The molecule has 0 saturated heterocycles. The van der Waals surface area contributed by atoms with Crippen LogP contribution in [-0.2, 0) is 4.79 Å². The molecule has 2 amide bonds. The maximum Gasteiger partial charge on any atom is 0.270 e. The predicted octanol–water partition coefficient (Wildman–Crippen LogP) is 0.866. The van der Waals surface area contributed by atoms with Gasteiger partial charge in [0.1, 0.15) is 0 Å². The van der Waals surface area contributed by atoms with E-state index in [1.807, 2.05) is 0 Å². The SMILES string of the molecule is CC(C)CCNC(=S)NNC(=O)CNC(=O)c1cccc([N+](=O)[O-])c1. The van der Waals surface area contributed by atoms with E-state index in [2.05, 4.69) is 35.3 Å². The summed E-state index contributed by atoms with van der Waals surface area (Å²) >= 11 is 4.99. The Morgan fingerprint density at radius 3 is 2.60 bits per heavy atom. The van der Waals surface area contributed by atoms with Crippen LogP contribution >= 0.6 is 12.2 Å². The number of amides is 2. The molecule has 0 aliphatic heterocycles. The van der Waals surface area contributed by atoms with Gasteiger partial charge in [0.05, 0.1) is 11.5 Å². The molecule has 1 rings (SSSR count). The van der Waals surface area contributed by atoms with E-state index in [1.165, 1.54) is 18.2 Å². The minimum absolute atomic E-state index is 0.0980. The number of benzene rings is 1. The first kappa shape index (κ1) is 20.3. The second-order valence-electron chi connectivity index (χ2n) is 5.60. The zero-order chi connectivity index (χ0) is 18.8. The molecule has 0 saturated carbocycles. The number of carbonyl (C=O) groups is 2. The van der Waals surface area contributed by atoms with Crippen LogP contribution in [0.3, 0.4) is 0 Å². The van der Waals surface area contributed by atoms with Crippen molar-refractivity contribution < 1.29 is 14.5 Å². The molecule has 136 valence electrons. The number of nitrogens with zero attached hydrogens (tertiary/aromatic N) is 1. The molecule has 25 heavy (non-hydrogen) atoms. The van der Waals surface area contributed by atoms with Gasteiger partial charge in [-0.05, 0) is 30.6 Å². The fraction of sp³-hybridized carbons (Fsp3) is 0.400. The van der Waals surface area contributed by atoms with Crippen LogP contribution in [0.5, 0.6) is 0 Å². The van der Waals surface area contributed by atoms with Crippen LogP contribution in [0.2, 0.25) is 0 Å². The predicted molar refractivity (Wildman–Crippen MR) is 96.8 cm³/mol. The van der Waals surface area contributed by atoms with Crippen LogP contribution in [0.4, 0.5) is 5.69 Å². The van der Waals surface area contributed by atoms with Crippen LogP contribution in [0, 0.1) is 16.0 Å². The molecule has 0 spiro atoms. The number of rotatable bonds is 7.